The molecule has 0 aliphatic carbocycles. The van der Waals surface area contributed by atoms with Crippen molar-refractivity contribution in [2.24, 2.45) is 0 Å². The third kappa shape index (κ3) is 5.83. The highest BCUT2D eigenvalue weighted by atomic mass is 35.5. The van der Waals surface area contributed by atoms with Gasteiger partial charge in [-0.15, -0.1) is 11.6 Å². The van der Waals surface area contributed by atoms with Crippen LogP contribution in [0.25, 0.3) is 10.8 Å². The molecule has 1 atom stereocenters. The van der Waals surface area contributed by atoms with Crippen molar-refractivity contribution in [1.82, 2.24) is 16.2 Å². The van der Waals surface area contributed by atoms with Gasteiger partial charge in [0.1, 0.15) is 5.88 Å². The van der Waals surface area contributed by atoms with Crippen LogP contribution in [0.5, 0.6) is 0 Å². The highest BCUT2D eigenvalue weighted by Crippen LogP contribution is 2.24. The lowest BCUT2D eigenvalue weighted by molar-refractivity contribution is -0.127. The zero-order valence-electron chi connectivity index (χ0n) is 17.2. The van der Waals surface area contributed by atoms with E-state index >= 15 is 0 Å². The minimum atomic E-state index is -0.489. The van der Waals surface area contributed by atoms with Gasteiger partial charge in [-0.3, -0.25) is 25.2 Å². The van der Waals surface area contributed by atoms with E-state index in [0.29, 0.717) is 12.0 Å². The van der Waals surface area contributed by atoms with Gasteiger partial charge in [0.25, 0.3) is 11.8 Å². The summed E-state index contributed by atoms with van der Waals surface area (Å²) in [4.78, 5) is 36.1. The van der Waals surface area contributed by atoms with Crippen molar-refractivity contribution in [2.45, 2.75) is 25.8 Å². The number of fused-ring (bicyclic) bond motifs is 1. The summed E-state index contributed by atoms with van der Waals surface area (Å²) in [5.41, 5.74) is 6.83. The van der Waals surface area contributed by atoms with Crippen molar-refractivity contribution in [1.29, 1.82) is 0 Å². The Morgan fingerprint density at radius 3 is 2.35 bits per heavy atom. The van der Waals surface area contributed by atoms with E-state index in [1.165, 1.54) is 0 Å². The van der Waals surface area contributed by atoms with E-state index in [2.05, 4.69) is 16.2 Å². The molecular weight excluding hydrogens is 414 g/mol. The van der Waals surface area contributed by atoms with Crippen LogP contribution in [0.15, 0.2) is 66.7 Å². The third-order valence-electron chi connectivity index (χ3n) is 4.98. The Hall–Kier alpha value is -3.38. The number of benzene rings is 3. The molecule has 0 saturated heterocycles. The van der Waals surface area contributed by atoms with Crippen molar-refractivity contribution in [2.75, 3.05) is 5.88 Å². The molecule has 7 heteroatoms. The predicted molar refractivity (Wildman–Crippen MR) is 122 cm³/mol. The molecule has 1 unspecified atom stereocenters. The van der Waals surface area contributed by atoms with Gasteiger partial charge in [-0.1, -0.05) is 60.7 Å². The summed E-state index contributed by atoms with van der Waals surface area (Å²) in [5, 5.41) is 5.29. The van der Waals surface area contributed by atoms with Gasteiger partial charge in [0.15, 0.2) is 0 Å². The average molecular weight is 438 g/mol. The molecule has 0 bridgehead atoms. The SMILES string of the molecule is CC(NC(=O)c1ccccc1CCC(=O)NNC(=O)CCl)c1cccc2ccccc12. The van der Waals surface area contributed by atoms with E-state index < -0.39 is 5.91 Å². The Balaban J connectivity index is 1.68. The van der Waals surface area contributed by atoms with Crippen LogP contribution in [-0.2, 0) is 16.0 Å². The van der Waals surface area contributed by atoms with Crippen LogP contribution in [0, 0.1) is 0 Å². The summed E-state index contributed by atoms with van der Waals surface area (Å²) in [5.74, 6) is -1.29. The van der Waals surface area contributed by atoms with Crippen LogP contribution in [0.2, 0.25) is 0 Å². The van der Waals surface area contributed by atoms with Crippen LogP contribution in [0.3, 0.4) is 0 Å². The minimum Gasteiger partial charge on any atom is -0.345 e. The third-order valence-corrected chi connectivity index (χ3v) is 5.23. The van der Waals surface area contributed by atoms with Gasteiger partial charge in [0.05, 0.1) is 6.04 Å². The molecule has 0 aromatic heterocycles. The molecule has 0 radical (unpaired) electrons. The first kappa shape index (κ1) is 22.3. The Kier molecular flexibility index (Phi) is 7.62. The van der Waals surface area contributed by atoms with Gasteiger partial charge < -0.3 is 5.32 Å². The van der Waals surface area contributed by atoms with Gasteiger partial charge in [0.2, 0.25) is 5.91 Å². The zero-order valence-corrected chi connectivity index (χ0v) is 17.9. The fourth-order valence-corrected chi connectivity index (χ4v) is 3.49. The van der Waals surface area contributed by atoms with Crippen molar-refractivity contribution < 1.29 is 14.4 Å². The molecule has 0 fully saturated rings. The first-order valence-corrected chi connectivity index (χ1v) is 10.5. The van der Waals surface area contributed by atoms with Crippen molar-refractivity contribution in [3.8, 4) is 0 Å². The number of alkyl halides is 1. The van der Waals surface area contributed by atoms with Crippen molar-refractivity contribution in [3.05, 3.63) is 83.4 Å². The zero-order chi connectivity index (χ0) is 22.2. The van der Waals surface area contributed by atoms with Crippen LogP contribution < -0.4 is 16.2 Å². The maximum atomic E-state index is 13.0. The first-order chi connectivity index (χ1) is 15.0. The highest BCUT2D eigenvalue weighted by molar-refractivity contribution is 6.27. The fraction of sp³-hybridized carbons (Fsp3) is 0.208. The summed E-state index contributed by atoms with van der Waals surface area (Å²) in [7, 11) is 0. The van der Waals surface area contributed by atoms with Crippen LogP contribution >= 0.6 is 11.6 Å². The Morgan fingerprint density at radius 1 is 0.871 bits per heavy atom. The van der Waals surface area contributed by atoms with E-state index in [0.717, 1.165) is 21.9 Å². The normalized spacial score (nSPS) is 11.5. The van der Waals surface area contributed by atoms with Gasteiger partial charge in [0, 0.05) is 12.0 Å². The second kappa shape index (κ2) is 10.6. The summed E-state index contributed by atoms with van der Waals surface area (Å²) in [6.45, 7) is 1.95. The second-order valence-corrected chi connectivity index (χ2v) is 7.42. The van der Waals surface area contributed by atoms with E-state index in [1.807, 2.05) is 61.5 Å². The molecule has 3 N–H and O–H groups in total. The lowest BCUT2D eigenvalue weighted by atomic mass is 9.98. The molecule has 0 saturated carbocycles. The quantitative estimate of drug-likeness (QED) is 0.389. The molecule has 0 aliphatic rings. The number of aryl methyl sites for hydroxylation is 1. The lowest BCUT2D eigenvalue weighted by Gasteiger charge is -2.18. The standard InChI is InChI=1S/C24H24ClN3O3/c1-16(19-12-6-9-17-7-2-4-10-20(17)19)26-24(31)21-11-5-3-8-18(21)13-14-22(29)27-28-23(30)15-25/h2-12,16H,13-15H2,1H3,(H,26,31)(H,27,29)(H,28,30). The van der Waals surface area contributed by atoms with E-state index in [9.17, 15) is 14.4 Å². The minimum absolute atomic E-state index is 0.117. The molecule has 0 spiro atoms. The Labute approximate surface area is 185 Å². The summed E-state index contributed by atoms with van der Waals surface area (Å²) in [6, 6.07) is 21.1. The van der Waals surface area contributed by atoms with Crippen LogP contribution in [-0.4, -0.2) is 23.6 Å². The molecule has 0 aliphatic heterocycles. The molecule has 0 heterocycles. The predicted octanol–water partition coefficient (Wildman–Crippen LogP) is 3.65. The number of carbonyl (C=O) groups excluding carboxylic acids is 3. The highest BCUT2D eigenvalue weighted by Gasteiger charge is 2.16. The summed E-state index contributed by atoms with van der Waals surface area (Å²) >= 11 is 5.37. The van der Waals surface area contributed by atoms with Gasteiger partial charge >= 0.3 is 0 Å². The molecule has 31 heavy (non-hydrogen) atoms. The number of nitrogens with one attached hydrogen (secondary N) is 3. The number of rotatable bonds is 7. The molecule has 3 aromatic carbocycles. The van der Waals surface area contributed by atoms with Gasteiger partial charge in [-0.05, 0) is 41.3 Å². The molecule has 6 nitrogen and oxygen atoms in total. The largest absolute Gasteiger partial charge is 0.345 e. The van der Waals surface area contributed by atoms with E-state index in [-0.39, 0.29) is 30.2 Å². The topological polar surface area (TPSA) is 87.3 Å². The van der Waals surface area contributed by atoms with Gasteiger partial charge in [-0.25, -0.2) is 0 Å². The van der Waals surface area contributed by atoms with Crippen molar-refractivity contribution >= 4 is 40.1 Å². The molecule has 160 valence electrons. The monoisotopic (exact) mass is 437 g/mol. The maximum absolute atomic E-state index is 13.0. The van der Waals surface area contributed by atoms with E-state index in [1.54, 1.807) is 12.1 Å². The number of hydrogen-bond donors (Lipinski definition) is 3. The molecular formula is C24H24ClN3O3. The second-order valence-electron chi connectivity index (χ2n) is 7.15. The van der Waals surface area contributed by atoms with Crippen molar-refractivity contribution in [3.63, 3.8) is 0 Å². The van der Waals surface area contributed by atoms with Gasteiger partial charge in [-0.2, -0.15) is 0 Å². The Morgan fingerprint density at radius 2 is 1.55 bits per heavy atom. The van der Waals surface area contributed by atoms with Crippen LogP contribution in [0.1, 0.15) is 40.9 Å². The van der Waals surface area contributed by atoms with Crippen LogP contribution in [0.4, 0.5) is 0 Å². The number of hydrogen-bond acceptors (Lipinski definition) is 3. The first-order valence-electron chi connectivity index (χ1n) is 9.99. The summed E-state index contributed by atoms with van der Waals surface area (Å²) < 4.78 is 0. The number of carbonyl (C=O) groups is 3. The summed E-state index contributed by atoms with van der Waals surface area (Å²) in [6.07, 6.45) is 0.473. The number of amides is 3. The fourth-order valence-electron chi connectivity index (χ4n) is 3.42. The lowest BCUT2D eigenvalue weighted by Crippen LogP contribution is -2.42. The number of hydrazine groups is 1. The smallest absolute Gasteiger partial charge is 0.253 e. The maximum Gasteiger partial charge on any atom is 0.253 e. The Bertz CT molecular complexity index is 1090. The number of halogens is 1. The molecule has 3 rings (SSSR count). The average Bonchev–Trinajstić information content (AvgIpc) is 2.80. The molecule has 3 aromatic rings. The molecule has 3 amide bonds. The van der Waals surface area contributed by atoms with E-state index in [4.69, 9.17) is 11.6 Å².